The summed E-state index contributed by atoms with van der Waals surface area (Å²) >= 11 is 0. The maximum absolute atomic E-state index is 13.0. The minimum atomic E-state index is -4.69. The molecule has 180 valence electrons. The van der Waals surface area contributed by atoms with Crippen LogP contribution in [-0.4, -0.2) is 40.4 Å². The van der Waals surface area contributed by atoms with Crippen molar-refractivity contribution in [2.24, 2.45) is 5.92 Å². The predicted octanol–water partition coefficient (Wildman–Crippen LogP) is 4.14. The molecule has 1 fully saturated rings. The number of piperidine rings is 1. The molecule has 1 aromatic carbocycles. The summed E-state index contributed by atoms with van der Waals surface area (Å²) in [5, 5.41) is 13.2. The Kier molecular flexibility index (Phi) is 6.07. The molecule has 2 N–H and O–H groups in total. The second kappa shape index (κ2) is 8.71. The largest absolute Gasteiger partial charge is 0.433 e. The summed E-state index contributed by atoms with van der Waals surface area (Å²) < 4.78 is 44.8. The first-order valence-electron chi connectivity index (χ1n) is 10.7. The Morgan fingerprint density at radius 1 is 1.21 bits per heavy atom. The van der Waals surface area contributed by atoms with Crippen molar-refractivity contribution in [1.29, 1.82) is 0 Å². The first-order chi connectivity index (χ1) is 16.0. The van der Waals surface area contributed by atoms with E-state index in [1.807, 2.05) is 4.90 Å². The number of fused-ring (bicyclic) bond motifs is 1. The van der Waals surface area contributed by atoms with Gasteiger partial charge in [0.05, 0.1) is 11.3 Å². The van der Waals surface area contributed by atoms with Gasteiger partial charge in [0.1, 0.15) is 23.2 Å². The SMILES string of the molecule is CC(C)(O)c1cc2nc(N3CCC(C=O)CC3)oc2cc1NC(=O)c1cccc(C(F)(F)F)n1. The second-order valence-corrected chi connectivity index (χ2v) is 8.74. The fraction of sp³-hybridized carbons (Fsp3) is 0.391. The van der Waals surface area contributed by atoms with Crippen LogP contribution < -0.4 is 10.2 Å². The maximum atomic E-state index is 13.0. The maximum Gasteiger partial charge on any atom is 0.433 e. The van der Waals surface area contributed by atoms with E-state index in [1.165, 1.54) is 26.0 Å². The molecule has 2 aromatic heterocycles. The Balaban J connectivity index is 1.66. The van der Waals surface area contributed by atoms with Crippen molar-refractivity contribution < 1.29 is 32.3 Å². The highest BCUT2D eigenvalue weighted by Crippen LogP contribution is 2.35. The molecule has 34 heavy (non-hydrogen) atoms. The fourth-order valence-electron chi connectivity index (χ4n) is 3.84. The number of benzene rings is 1. The van der Waals surface area contributed by atoms with Crippen LogP contribution in [0.25, 0.3) is 11.1 Å². The molecule has 0 saturated carbocycles. The van der Waals surface area contributed by atoms with Crippen molar-refractivity contribution in [3.63, 3.8) is 0 Å². The van der Waals surface area contributed by atoms with Crippen LogP contribution in [0.2, 0.25) is 0 Å². The van der Waals surface area contributed by atoms with Crippen molar-refractivity contribution >= 4 is 35.0 Å². The molecule has 0 radical (unpaired) electrons. The number of aromatic nitrogens is 2. The molecule has 3 aromatic rings. The number of rotatable bonds is 5. The third-order valence-corrected chi connectivity index (χ3v) is 5.70. The van der Waals surface area contributed by atoms with Gasteiger partial charge in [0, 0.05) is 30.6 Å². The van der Waals surface area contributed by atoms with Crippen LogP contribution >= 0.6 is 0 Å². The smallest absolute Gasteiger partial charge is 0.423 e. The number of carbonyl (C=O) groups is 2. The average Bonchev–Trinajstić information content (AvgIpc) is 3.20. The lowest BCUT2D eigenvalue weighted by atomic mass is 9.96. The number of halogens is 3. The van der Waals surface area contributed by atoms with Gasteiger partial charge in [-0.25, -0.2) is 4.98 Å². The molecule has 0 bridgehead atoms. The van der Waals surface area contributed by atoms with Crippen LogP contribution in [0, 0.1) is 5.92 Å². The number of oxazole rings is 1. The number of nitrogens with one attached hydrogen (secondary N) is 1. The number of aliphatic hydroxyl groups is 1. The summed E-state index contributed by atoms with van der Waals surface area (Å²) in [7, 11) is 0. The van der Waals surface area contributed by atoms with Gasteiger partial charge in [0.2, 0.25) is 0 Å². The molecule has 1 aliphatic heterocycles. The zero-order chi connectivity index (χ0) is 24.7. The number of carbonyl (C=O) groups excluding carboxylic acids is 2. The van der Waals surface area contributed by atoms with E-state index in [9.17, 15) is 27.9 Å². The third-order valence-electron chi connectivity index (χ3n) is 5.70. The Bertz CT molecular complexity index is 1230. The molecule has 0 unspecified atom stereocenters. The van der Waals surface area contributed by atoms with Crippen molar-refractivity contribution in [2.75, 3.05) is 23.3 Å². The summed E-state index contributed by atoms with van der Waals surface area (Å²) in [4.78, 5) is 33.5. The number of anilines is 2. The van der Waals surface area contributed by atoms with Crippen molar-refractivity contribution in [3.8, 4) is 0 Å². The average molecular weight is 476 g/mol. The van der Waals surface area contributed by atoms with E-state index < -0.39 is 29.1 Å². The highest BCUT2D eigenvalue weighted by atomic mass is 19.4. The van der Waals surface area contributed by atoms with Crippen molar-refractivity contribution in [1.82, 2.24) is 9.97 Å². The van der Waals surface area contributed by atoms with Crippen molar-refractivity contribution in [2.45, 2.75) is 38.5 Å². The van der Waals surface area contributed by atoms with Crippen LogP contribution in [0.4, 0.5) is 24.9 Å². The minimum absolute atomic E-state index is 0.00805. The molecular weight excluding hydrogens is 453 g/mol. The summed E-state index contributed by atoms with van der Waals surface area (Å²) in [6.07, 6.45) is -2.37. The van der Waals surface area contributed by atoms with E-state index in [4.69, 9.17) is 4.42 Å². The highest BCUT2D eigenvalue weighted by Gasteiger charge is 2.33. The first kappa shape index (κ1) is 23.7. The van der Waals surface area contributed by atoms with Gasteiger partial charge in [-0.05, 0) is 44.9 Å². The predicted molar refractivity (Wildman–Crippen MR) is 117 cm³/mol. The molecule has 0 aliphatic carbocycles. The number of amides is 1. The summed E-state index contributed by atoms with van der Waals surface area (Å²) in [6.45, 7) is 4.22. The van der Waals surface area contributed by atoms with Crippen LogP contribution in [0.3, 0.4) is 0 Å². The summed E-state index contributed by atoms with van der Waals surface area (Å²) in [6, 6.07) is 6.44. The third kappa shape index (κ3) is 4.89. The summed E-state index contributed by atoms with van der Waals surface area (Å²) in [5.74, 6) is -0.861. The standard InChI is InChI=1S/C23H23F3N4O4/c1-22(2,33)14-10-17-18(34-21(29-17)30-8-6-13(12-31)7-9-30)11-16(14)28-20(32)15-4-3-5-19(27-15)23(24,25)26/h3-5,10-13,33H,6-9H2,1-2H3,(H,28,32). The fourth-order valence-corrected chi connectivity index (χ4v) is 3.84. The topological polar surface area (TPSA) is 109 Å². The second-order valence-electron chi connectivity index (χ2n) is 8.74. The molecule has 4 rings (SSSR count). The molecular formula is C23H23F3N4O4. The Hall–Kier alpha value is -3.47. The Morgan fingerprint density at radius 3 is 2.53 bits per heavy atom. The molecule has 1 amide bonds. The van der Waals surface area contributed by atoms with Gasteiger partial charge < -0.3 is 24.5 Å². The molecule has 3 heterocycles. The van der Waals surface area contributed by atoms with Gasteiger partial charge >= 0.3 is 6.18 Å². The first-order valence-corrected chi connectivity index (χ1v) is 10.7. The Labute approximate surface area is 192 Å². The number of alkyl halides is 3. The van der Waals surface area contributed by atoms with E-state index in [-0.39, 0.29) is 11.6 Å². The monoisotopic (exact) mass is 476 g/mol. The lowest BCUT2D eigenvalue weighted by Gasteiger charge is -2.27. The van der Waals surface area contributed by atoms with Gasteiger partial charge in [-0.15, -0.1) is 0 Å². The van der Waals surface area contributed by atoms with Crippen LogP contribution in [0.5, 0.6) is 0 Å². The van der Waals surface area contributed by atoms with Crippen molar-refractivity contribution in [3.05, 3.63) is 47.3 Å². The number of hydrogen-bond acceptors (Lipinski definition) is 7. The molecule has 1 saturated heterocycles. The molecule has 1 aliphatic rings. The molecule has 8 nitrogen and oxygen atoms in total. The van der Waals surface area contributed by atoms with Gasteiger partial charge in [0.15, 0.2) is 5.58 Å². The molecule has 0 atom stereocenters. The van der Waals surface area contributed by atoms with Crippen LogP contribution in [0.15, 0.2) is 34.7 Å². The van der Waals surface area contributed by atoms with Gasteiger partial charge in [0.25, 0.3) is 11.9 Å². The lowest BCUT2D eigenvalue weighted by Crippen LogP contribution is -2.34. The molecule has 0 spiro atoms. The quantitative estimate of drug-likeness (QED) is 0.533. The van der Waals surface area contributed by atoms with E-state index >= 15 is 0 Å². The van der Waals surface area contributed by atoms with E-state index in [0.29, 0.717) is 48.6 Å². The van der Waals surface area contributed by atoms with E-state index in [0.717, 1.165) is 18.4 Å². The normalized spacial score (nSPS) is 15.5. The number of aldehydes is 1. The van der Waals surface area contributed by atoms with Crippen LogP contribution in [-0.2, 0) is 16.6 Å². The van der Waals surface area contributed by atoms with Gasteiger partial charge in [-0.2, -0.15) is 18.2 Å². The summed E-state index contributed by atoms with van der Waals surface area (Å²) in [5.41, 5.74) is -1.78. The van der Waals surface area contributed by atoms with Gasteiger partial charge in [-0.1, -0.05) is 6.07 Å². The zero-order valence-electron chi connectivity index (χ0n) is 18.5. The number of hydrogen-bond donors (Lipinski definition) is 2. The highest BCUT2D eigenvalue weighted by molar-refractivity contribution is 6.04. The van der Waals surface area contributed by atoms with E-state index in [1.54, 1.807) is 6.07 Å². The van der Waals surface area contributed by atoms with Crippen LogP contribution in [0.1, 0.15) is 48.4 Å². The lowest BCUT2D eigenvalue weighted by molar-refractivity contribution is -0.141. The van der Waals surface area contributed by atoms with E-state index in [2.05, 4.69) is 15.3 Å². The molecule has 11 heteroatoms. The minimum Gasteiger partial charge on any atom is -0.423 e. The Morgan fingerprint density at radius 2 is 1.91 bits per heavy atom. The number of nitrogens with zero attached hydrogens (tertiary/aromatic N) is 3. The number of pyridine rings is 1. The van der Waals surface area contributed by atoms with Gasteiger partial charge in [-0.3, -0.25) is 4.79 Å². The zero-order valence-corrected chi connectivity index (χ0v) is 18.5.